The van der Waals surface area contributed by atoms with Crippen molar-refractivity contribution in [2.75, 3.05) is 6.61 Å². The summed E-state index contributed by atoms with van der Waals surface area (Å²) in [6.07, 6.45) is 10.6. The lowest BCUT2D eigenvalue weighted by molar-refractivity contribution is 0.197. The third-order valence-electron chi connectivity index (χ3n) is 4.72. The van der Waals surface area contributed by atoms with Crippen molar-refractivity contribution < 1.29 is 5.11 Å². The molecule has 0 radical (unpaired) electrons. The van der Waals surface area contributed by atoms with E-state index in [1.165, 1.54) is 38.5 Å². The highest BCUT2D eigenvalue weighted by Crippen LogP contribution is 2.39. The number of hydrogen-bond acceptors (Lipinski definition) is 1. The van der Waals surface area contributed by atoms with E-state index in [0.717, 1.165) is 11.8 Å². The minimum Gasteiger partial charge on any atom is -0.396 e. The van der Waals surface area contributed by atoms with Crippen LogP contribution >= 0.6 is 0 Å². The van der Waals surface area contributed by atoms with Crippen molar-refractivity contribution in [2.45, 2.75) is 52.4 Å². The zero-order valence-corrected chi connectivity index (χ0v) is 10.8. The molecule has 0 heterocycles. The summed E-state index contributed by atoms with van der Waals surface area (Å²) in [6, 6.07) is 0. The SMILES string of the molecule is CC1CCCC(C2=C[C@H](CO)[C@H](C)CC2)C1. The van der Waals surface area contributed by atoms with E-state index in [2.05, 4.69) is 19.9 Å². The molecule has 16 heavy (non-hydrogen) atoms. The first kappa shape index (κ1) is 12.2. The molecule has 0 aromatic heterocycles. The maximum Gasteiger partial charge on any atom is 0.0496 e. The number of allylic oxidation sites excluding steroid dienone is 1. The smallest absolute Gasteiger partial charge is 0.0496 e. The fraction of sp³-hybridized carbons (Fsp3) is 0.867. The Balaban J connectivity index is 2.03. The van der Waals surface area contributed by atoms with E-state index in [-0.39, 0.29) is 0 Å². The van der Waals surface area contributed by atoms with Gasteiger partial charge in [-0.15, -0.1) is 0 Å². The molecule has 2 aliphatic rings. The standard InChI is InChI=1S/C15H26O/c1-11-4-3-5-13(8-11)14-7-6-12(2)15(9-14)10-16/h9,11-13,15-16H,3-8,10H2,1-2H3/t11?,12-,13?,15-/m1/s1. The van der Waals surface area contributed by atoms with Gasteiger partial charge in [-0.3, -0.25) is 0 Å². The zero-order valence-electron chi connectivity index (χ0n) is 10.8. The zero-order chi connectivity index (χ0) is 11.5. The van der Waals surface area contributed by atoms with Crippen LogP contribution in [-0.2, 0) is 0 Å². The van der Waals surface area contributed by atoms with E-state index in [0.29, 0.717) is 18.4 Å². The van der Waals surface area contributed by atoms with Gasteiger partial charge in [0.25, 0.3) is 0 Å². The van der Waals surface area contributed by atoms with Gasteiger partial charge < -0.3 is 5.11 Å². The Morgan fingerprint density at radius 1 is 1.25 bits per heavy atom. The van der Waals surface area contributed by atoms with Crippen LogP contribution in [0, 0.1) is 23.7 Å². The Hall–Kier alpha value is -0.300. The first-order valence-electron chi connectivity index (χ1n) is 7.02. The third kappa shape index (κ3) is 2.68. The van der Waals surface area contributed by atoms with Crippen LogP contribution in [0.3, 0.4) is 0 Å². The minimum absolute atomic E-state index is 0.340. The van der Waals surface area contributed by atoms with Crippen LogP contribution in [0.4, 0.5) is 0 Å². The number of aliphatic hydroxyl groups is 1. The van der Waals surface area contributed by atoms with Crippen molar-refractivity contribution in [3.8, 4) is 0 Å². The van der Waals surface area contributed by atoms with Gasteiger partial charge in [-0.05, 0) is 43.4 Å². The summed E-state index contributed by atoms with van der Waals surface area (Å²) in [7, 11) is 0. The van der Waals surface area contributed by atoms with Crippen LogP contribution in [0.1, 0.15) is 52.4 Å². The summed E-state index contributed by atoms with van der Waals surface area (Å²) in [6.45, 7) is 5.01. The van der Waals surface area contributed by atoms with E-state index in [1.54, 1.807) is 5.57 Å². The highest BCUT2D eigenvalue weighted by molar-refractivity contribution is 5.14. The van der Waals surface area contributed by atoms with Crippen LogP contribution < -0.4 is 0 Å². The predicted molar refractivity (Wildman–Crippen MR) is 68.2 cm³/mol. The molecule has 92 valence electrons. The second-order valence-corrected chi connectivity index (χ2v) is 6.07. The van der Waals surface area contributed by atoms with Crippen molar-refractivity contribution in [3.63, 3.8) is 0 Å². The van der Waals surface area contributed by atoms with Gasteiger partial charge in [0.1, 0.15) is 0 Å². The second kappa shape index (κ2) is 5.35. The summed E-state index contributed by atoms with van der Waals surface area (Å²) < 4.78 is 0. The summed E-state index contributed by atoms with van der Waals surface area (Å²) in [5.74, 6) is 2.85. The molecule has 2 unspecified atom stereocenters. The van der Waals surface area contributed by atoms with E-state index in [4.69, 9.17) is 0 Å². The molecule has 2 rings (SSSR count). The van der Waals surface area contributed by atoms with Gasteiger partial charge in [0, 0.05) is 12.5 Å². The van der Waals surface area contributed by atoms with E-state index < -0.39 is 0 Å². The van der Waals surface area contributed by atoms with Crippen LogP contribution in [0.5, 0.6) is 0 Å². The average Bonchev–Trinajstić information content (AvgIpc) is 2.29. The van der Waals surface area contributed by atoms with Gasteiger partial charge in [0.05, 0.1) is 0 Å². The number of aliphatic hydroxyl groups excluding tert-OH is 1. The van der Waals surface area contributed by atoms with Crippen LogP contribution in [0.25, 0.3) is 0 Å². The fourth-order valence-electron chi connectivity index (χ4n) is 3.47. The molecule has 0 aliphatic heterocycles. The van der Waals surface area contributed by atoms with Crippen LogP contribution in [0.2, 0.25) is 0 Å². The highest BCUT2D eigenvalue weighted by atomic mass is 16.3. The molecular formula is C15H26O. The van der Waals surface area contributed by atoms with Gasteiger partial charge in [0.2, 0.25) is 0 Å². The van der Waals surface area contributed by atoms with Gasteiger partial charge >= 0.3 is 0 Å². The lowest BCUT2D eigenvalue weighted by Crippen LogP contribution is -2.23. The van der Waals surface area contributed by atoms with Crippen molar-refractivity contribution in [3.05, 3.63) is 11.6 Å². The monoisotopic (exact) mass is 222 g/mol. The van der Waals surface area contributed by atoms with Crippen LogP contribution in [-0.4, -0.2) is 11.7 Å². The first-order valence-corrected chi connectivity index (χ1v) is 7.02. The van der Waals surface area contributed by atoms with Crippen LogP contribution in [0.15, 0.2) is 11.6 Å². The lowest BCUT2D eigenvalue weighted by Gasteiger charge is -2.34. The molecule has 4 atom stereocenters. The minimum atomic E-state index is 0.340. The van der Waals surface area contributed by atoms with Gasteiger partial charge in [-0.2, -0.15) is 0 Å². The molecular weight excluding hydrogens is 196 g/mol. The molecule has 0 aromatic carbocycles. The Morgan fingerprint density at radius 3 is 2.75 bits per heavy atom. The lowest BCUT2D eigenvalue weighted by atomic mass is 9.72. The molecule has 0 saturated heterocycles. The number of rotatable bonds is 2. The van der Waals surface area contributed by atoms with Crippen molar-refractivity contribution in [2.24, 2.45) is 23.7 Å². The normalized spacial score (nSPS) is 40.6. The molecule has 0 aromatic rings. The van der Waals surface area contributed by atoms with Gasteiger partial charge in [-0.1, -0.05) is 38.3 Å². The van der Waals surface area contributed by atoms with E-state index >= 15 is 0 Å². The van der Waals surface area contributed by atoms with Crippen molar-refractivity contribution in [1.82, 2.24) is 0 Å². The second-order valence-electron chi connectivity index (χ2n) is 6.07. The maximum absolute atomic E-state index is 9.38. The third-order valence-corrected chi connectivity index (χ3v) is 4.72. The topological polar surface area (TPSA) is 20.2 Å². The quantitative estimate of drug-likeness (QED) is 0.705. The number of hydrogen-bond donors (Lipinski definition) is 1. The van der Waals surface area contributed by atoms with Gasteiger partial charge in [0.15, 0.2) is 0 Å². The van der Waals surface area contributed by atoms with Crippen molar-refractivity contribution in [1.29, 1.82) is 0 Å². The Morgan fingerprint density at radius 2 is 2.06 bits per heavy atom. The average molecular weight is 222 g/mol. The molecule has 2 aliphatic carbocycles. The molecule has 1 heteroatoms. The molecule has 1 fully saturated rings. The molecule has 1 N–H and O–H groups in total. The Bertz CT molecular complexity index is 256. The first-order chi connectivity index (χ1) is 7.70. The van der Waals surface area contributed by atoms with E-state index in [1.807, 2.05) is 0 Å². The Kier molecular flexibility index (Phi) is 4.07. The molecule has 0 amide bonds. The van der Waals surface area contributed by atoms with Crippen molar-refractivity contribution >= 4 is 0 Å². The van der Waals surface area contributed by atoms with E-state index in [9.17, 15) is 5.11 Å². The molecule has 0 spiro atoms. The highest BCUT2D eigenvalue weighted by Gasteiger charge is 2.27. The molecule has 0 bridgehead atoms. The fourth-order valence-corrected chi connectivity index (χ4v) is 3.47. The van der Waals surface area contributed by atoms with Gasteiger partial charge in [-0.25, -0.2) is 0 Å². The summed E-state index contributed by atoms with van der Waals surface area (Å²) >= 11 is 0. The Labute approximate surface area is 99.9 Å². The summed E-state index contributed by atoms with van der Waals surface area (Å²) in [5.41, 5.74) is 1.67. The predicted octanol–water partition coefficient (Wildman–Crippen LogP) is 3.78. The largest absolute Gasteiger partial charge is 0.396 e. The molecule has 1 saturated carbocycles. The maximum atomic E-state index is 9.38. The summed E-state index contributed by atoms with van der Waals surface area (Å²) in [4.78, 5) is 0. The molecule has 1 nitrogen and oxygen atoms in total. The summed E-state index contributed by atoms with van der Waals surface area (Å²) in [5, 5.41) is 9.38.